The van der Waals surface area contributed by atoms with E-state index in [0.717, 1.165) is 44.9 Å². The van der Waals surface area contributed by atoms with E-state index in [1.165, 1.54) is 4.90 Å². The van der Waals surface area contributed by atoms with Gasteiger partial charge < -0.3 is 18.3 Å². The number of benzene rings is 3. The fraction of sp³-hybridized carbons (Fsp3) is 0.265. The Kier molecular flexibility index (Phi) is 7.88. The molecule has 2 amide bonds. The van der Waals surface area contributed by atoms with Gasteiger partial charge in [-0.15, -0.1) is 0 Å². The normalized spacial score (nSPS) is 15.7. The molecule has 1 aliphatic heterocycles. The Morgan fingerprint density at radius 1 is 1.00 bits per heavy atom. The molecule has 0 spiro atoms. The van der Waals surface area contributed by atoms with E-state index >= 15 is 0 Å². The van der Waals surface area contributed by atoms with Crippen molar-refractivity contribution in [2.24, 2.45) is 0 Å². The molecule has 0 saturated carbocycles. The Hall–Kier alpha value is -4.69. The standard InChI is InChI=1S/C34H32N2O6/c1-3-39-31(33(37)36-27(21-40-34(36)38)17-23-10-6-4-7-11-23)18-24-14-15-30-26(16-24)19-28(42-30)20-29-22(2)41-32(35-29)25-12-8-5-9-13-25/h4-16,19,27,31H,3,17-18,20-21H2,1-2H3. The number of aromatic nitrogens is 1. The van der Waals surface area contributed by atoms with Crippen LogP contribution in [-0.4, -0.2) is 47.2 Å². The lowest BCUT2D eigenvalue weighted by atomic mass is 10.0. The summed E-state index contributed by atoms with van der Waals surface area (Å²) in [4.78, 5) is 32.2. The molecule has 8 heteroatoms. The van der Waals surface area contributed by atoms with Crippen molar-refractivity contribution in [1.82, 2.24) is 9.88 Å². The minimum Gasteiger partial charge on any atom is -0.461 e. The number of hydrogen-bond acceptors (Lipinski definition) is 7. The van der Waals surface area contributed by atoms with E-state index in [9.17, 15) is 9.59 Å². The number of cyclic esters (lactones) is 1. The lowest BCUT2D eigenvalue weighted by Crippen LogP contribution is -2.47. The van der Waals surface area contributed by atoms with E-state index in [-0.39, 0.29) is 18.6 Å². The molecule has 0 aliphatic carbocycles. The van der Waals surface area contributed by atoms with Crippen LogP contribution in [0.1, 0.15) is 35.3 Å². The number of amides is 2. The molecular weight excluding hydrogens is 532 g/mol. The minimum atomic E-state index is -0.822. The number of oxazole rings is 1. The highest BCUT2D eigenvalue weighted by Gasteiger charge is 2.41. The third-order valence-corrected chi connectivity index (χ3v) is 7.46. The highest BCUT2D eigenvalue weighted by molar-refractivity contribution is 5.96. The molecule has 8 nitrogen and oxygen atoms in total. The van der Waals surface area contributed by atoms with Crippen molar-refractivity contribution in [3.05, 3.63) is 113 Å². The van der Waals surface area contributed by atoms with Gasteiger partial charge >= 0.3 is 6.09 Å². The van der Waals surface area contributed by atoms with Gasteiger partial charge in [0.05, 0.1) is 18.2 Å². The molecule has 0 radical (unpaired) electrons. The maximum absolute atomic E-state index is 13.6. The molecule has 2 atom stereocenters. The lowest BCUT2D eigenvalue weighted by Gasteiger charge is -2.25. The van der Waals surface area contributed by atoms with Gasteiger partial charge in [0.15, 0.2) is 0 Å². The fourth-order valence-electron chi connectivity index (χ4n) is 5.38. The van der Waals surface area contributed by atoms with Crippen LogP contribution in [0.2, 0.25) is 0 Å². The summed E-state index contributed by atoms with van der Waals surface area (Å²) in [5.41, 5.74) is 4.41. The SMILES string of the molecule is CCOC(Cc1ccc2oc(Cc3nc(-c4ccccc4)oc3C)cc2c1)C(=O)N1C(=O)OCC1Cc1ccccc1. The number of imide groups is 1. The van der Waals surface area contributed by atoms with Crippen molar-refractivity contribution in [2.45, 2.75) is 45.3 Å². The average Bonchev–Trinajstić information content (AvgIpc) is 3.69. The lowest BCUT2D eigenvalue weighted by molar-refractivity contribution is -0.141. The van der Waals surface area contributed by atoms with E-state index in [0.29, 0.717) is 31.8 Å². The maximum Gasteiger partial charge on any atom is 0.417 e. The Morgan fingerprint density at radius 2 is 1.76 bits per heavy atom. The fourth-order valence-corrected chi connectivity index (χ4v) is 5.38. The highest BCUT2D eigenvalue weighted by Crippen LogP contribution is 2.27. The van der Waals surface area contributed by atoms with Gasteiger partial charge in [-0.3, -0.25) is 4.79 Å². The highest BCUT2D eigenvalue weighted by atomic mass is 16.6. The van der Waals surface area contributed by atoms with Gasteiger partial charge in [0.2, 0.25) is 5.89 Å². The summed E-state index contributed by atoms with van der Waals surface area (Å²) in [6.45, 7) is 4.24. The van der Waals surface area contributed by atoms with Gasteiger partial charge in [0.25, 0.3) is 5.91 Å². The topological polar surface area (TPSA) is 95.0 Å². The molecule has 2 unspecified atom stereocenters. The third kappa shape index (κ3) is 5.85. The number of ether oxygens (including phenoxy) is 2. The number of nitrogens with zero attached hydrogens (tertiary/aromatic N) is 2. The first-order valence-electron chi connectivity index (χ1n) is 14.2. The second kappa shape index (κ2) is 12.0. The van der Waals surface area contributed by atoms with Crippen molar-refractivity contribution < 1.29 is 27.9 Å². The largest absolute Gasteiger partial charge is 0.461 e. The maximum atomic E-state index is 13.6. The zero-order valence-corrected chi connectivity index (χ0v) is 23.6. The number of carbonyl (C=O) groups is 2. The van der Waals surface area contributed by atoms with Crippen molar-refractivity contribution >= 4 is 23.0 Å². The molecule has 1 aliphatic rings. The van der Waals surface area contributed by atoms with E-state index in [1.54, 1.807) is 0 Å². The molecule has 1 saturated heterocycles. The van der Waals surface area contributed by atoms with Crippen molar-refractivity contribution in [3.63, 3.8) is 0 Å². The molecule has 42 heavy (non-hydrogen) atoms. The van der Waals surface area contributed by atoms with Gasteiger partial charge in [0.1, 0.15) is 29.8 Å². The van der Waals surface area contributed by atoms with E-state index in [2.05, 4.69) is 0 Å². The molecule has 5 aromatic rings. The number of carbonyl (C=O) groups excluding carboxylic acids is 2. The monoisotopic (exact) mass is 564 g/mol. The molecule has 0 bridgehead atoms. The number of furan rings is 1. The summed E-state index contributed by atoms with van der Waals surface area (Å²) in [5.74, 6) is 1.71. The van der Waals surface area contributed by atoms with Crippen LogP contribution < -0.4 is 0 Å². The van der Waals surface area contributed by atoms with E-state index < -0.39 is 12.2 Å². The van der Waals surface area contributed by atoms with Crippen molar-refractivity contribution in [2.75, 3.05) is 13.2 Å². The molecule has 1 fully saturated rings. The number of aryl methyl sites for hydroxylation is 1. The summed E-state index contributed by atoms with van der Waals surface area (Å²) >= 11 is 0. The second-order valence-electron chi connectivity index (χ2n) is 10.4. The summed E-state index contributed by atoms with van der Waals surface area (Å²) in [7, 11) is 0. The van der Waals surface area contributed by atoms with Gasteiger partial charge in [-0.1, -0.05) is 54.6 Å². The van der Waals surface area contributed by atoms with Crippen LogP contribution in [0.15, 0.2) is 93.8 Å². The Balaban J connectivity index is 1.18. The first-order valence-corrected chi connectivity index (χ1v) is 14.2. The molecule has 214 valence electrons. The zero-order valence-electron chi connectivity index (χ0n) is 23.6. The quantitative estimate of drug-likeness (QED) is 0.190. The third-order valence-electron chi connectivity index (χ3n) is 7.46. The molecule has 2 aromatic heterocycles. The Labute approximate surface area is 243 Å². The predicted molar refractivity (Wildman–Crippen MR) is 157 cm³/mol. The number of fused-ring (bicyclic) bond motifs is 1. The van der Waals surface area contributed by atoms with Gasteiger partial charge in [-0.25, -0.2) is 14.7 Å². The molecule has 3 heterocycles. The first kappa shape index (κ1) is 27.5. The molecule has 0 N–H and O–H groups in total. The summed E-state index contributed by atoms with van der Waals surface area (Å²) in [6.07, 6.45) is -0.116. The van der Waals surface area contributed by atoms with Crippen LogP contribution in [0, 0.1) is 6.92 Å². The van der Waals surface area contributed by atoms with E-state index in [4.69, 9.17) is 23.3 Å². The average molecular weight is 565 g/mol. The van der Waals surface area contributed by atoms with Crippen molar-refractivity contribution in [3.8, 4) is 11.5 Å². The second-order valence-corrected chi connectivity index (χ2v) is 10.4. The zero-order chi connectivity index (χ0) is 29.1. The van der Waals surface area contributed by atoms with Gasteiger partial charge in [0, 0.05) is 24.0 Å². The van der Waals surface area contributed by atoms with Crippen LogP contribution in [0.3, 0.4) is 0 Å². The van der Waals surface area contributed by atoms with Crippen LogP contribution in [0.4, 0.5) is 4.79 Å². The summed E-state index contributed by atoms with van der Waals surface area (Å²) in [6, 6.07) is 27.0. The Morgan fingerprint density at radius 3 is 2.52 bits per heavy atom. The molecular formula is C34H32N2O6. The summed E-state index contributed by atoms with van der Waals surface area (Å²) < 4.78 is 23.2. The predicted octanol–water partition coefficient (Wildman–Crippen LogP) is 6.52. The van der Waals surface area contributed by atoms with Crippen LogP contribution in [0.5, 0.6) is 0 Å². The Bertz CT molecular complexity index is 1690. The molecule has 6 rings (SSSR count). The first-order chi connectivity index (χ1) is 20.5. The summed E-state index contributed by atoms with van der Waals surface area (Å²) in [5, 5.41) is 0.914. The minimum absolute atomic E-state index is 0.167. The van der Waals surface area contributed by atoms with E-state index in [1.807, 2.05) is 98.8 Å². The van der Waals surface area contributed by atoms with Crippen LogP contribution >= 0.6 is 0 Å². The molecule has 3 aromatic carbocycles. The number of hydrogen-bond donors (Lipinski definition) is 0. The van der Waals surface area contributed by atoms with Crippen LogP contribution in [-0.2, 0) is 33.5 Å². The van der Waals surface area contributed by atoms with Gasteiger partial charge in [-0.05, 0) is 61.7 Å². The smallest absolute Gasteiger partial charge is 0.417 e. The van der Waals surface area contributed by atoms with Crippen LogP contribution in [0.25, 0.3) is 22.4 Å². The van der Waals surface area contributed by atoms with Gasteiger partial charge in [-0.2, -0.15) is 0 Å². The van der Waals surface area contributed by atoms with Crippen molar-refractivity contribution in [1.29, 1.82) is 0 Å². The number of rotatable bonds is 10.